The normalized spacial score (nSPS) is 18.0. The van der Waals surface area contributed by atoms with E-state index < -0.39 is 23.8 Å². The minimum absolute atomic E-state index is 0.0609. The number of hydrogen-bond acceptors (Lipinski definition) is 5. The maximum Gasteiger partial charge on any atom is 0.408 e. The Hall–Kier alpha value is -2.48. The fourth-order valence-electron chi connectivity index (χ4n) is 5.13. The molecule has 1 aromatic rings. The van der Waals surface area contributed by atoms with E-state index in [4.69, 9.17) is 4.74 Å². The number of alkyl carbamates (subject to hydrolysis) is 1. The van der Waals surface area contributed by atoms with Crippen LogP contribution in [0.15, 0.2) is 30.8 Å². The zero-order valence-corrected chi connectivity index (χ0v) is 24.3. The molecule has 2 aliphatic rings. The Balaban J connectivity index is 1.97. The largest absolute Gasteiger partial charge is 0.444 e. The Labute approximate surface area is 232 Å². The van der Waals surface area contributed by atoms with E-state index in [0.717, 1.165) is 56.1 Å². The number of carbonyl (C=O) groups excluding carboxylic acids is 3. The van der Waals surface area contributed by atoms with Crippen LogP contribution >= 0.6 is 11.8 Å². The van der Waals surface area contributed by atoms with Gasteiger partial charge in [0.2, 0.25) is 11.8 Å². The maximum atomic E-state index is 14.3. The van der Waals surface area contributed by atoms with Crippen LogP contribution in [-0.2, 0) is 14.3 Å². The van der Waals surface area contributed by atoms with Gasteiger partial charge in [0.1, 0.15) is 17.7 Å². The SMILES string of the molecule is C=Cc1cccc(C(C(=O)NC2CCCCC2)N(C(=O)C(CCSC)NC(=O)OC(C)(C)C)C2CCC2)c1. The Morgan fingerprint density at radius 1 is 1.13 bits per heavy atom. The summed E-state index contributed by atoms with van der Waals surface area (Å²) < 4.78 is 5.48. The van der Waals surface area contributed by atoms with Crippen molar-refractivity contribution < 1.29 is 19.1 Å². The van der Waals surface area contributed by atoms with E-state index in [9.17, 15) is 14.4 Å². The van der Waals surface area contributed by atoms with E-state index >= 15 is 0 Å². The highest BCUT2D eigenvalue weighted by Crippen LogP contribution is 2.35. The molecule has 0 radical (unpaired) electrons. The maximum absolute atomic E-state index is 14.3. The van der Waals surface area contributed by atoms with Crippen LogP contribution in [0.25, 0.3) is 6.08 Å². The summed E-state index contributed by atoms with van der Waals surface area (Å²) in [6.07, 6.45) is 11.5. The first-order chi connectivity index (χ1) is 18.1. The van der Waals surface area contributed by atoms with Crippen LogP contribution in [-0.4, -0.2) is 58.5 Å². The van der Waals surface area contributed by atoms with Crippen LogP contribution in [0.1, 0.15) is 95.7 Å². The van der Waals surface area contributed by atoms with E-state index in [2.05, 4.69) is 17.2 Å². The summed E-state index contributed by atoms with van der Waals surface area (Å²) in [5.41, 5.74) is 0.972. The fraction of sp³-hybridized carbons (Fsp3) is 0.633. The summed E-state index contributed by atoms with van der Waals surface area (Å²) in [5.74, 6) is 0.303. The highest BCUT2D eigenvalue weighted by Gasteiger charge is 2.42. The summed E-state index contributed by atoms with van der Waals surface area (Å²) >= 11 is 1.61. The topological polar surface area (TPSA) is 87.7 Å². The quantitative estimate of drug-likeness (QED) is 0.366. The minimum atomic E-state index is -0.787. The number of rotatable bonds is 11. The van der Waals surface area contributed by atoms with Crippen molar-refractivity contribution >= 4 is 35.7 Å². The van der Waals surface area contributed by atoms with Crippen molar-refractivity contribution in [2.45, 2.75) is 108 Å². The molecule has 2 aliphatic carbocycles. The predicted molar refractivity (Wildman–Crippen MR) is 155 cm³/mol. The third-order valence-electron chi connectivity index (χ3n) is 7.26. The first-order valence-electron chi connectivity index (χ1n) is 14.0. The molecule has 2 unspecified atom stereocenters. The molecule has 2 fully saturated rings. The van der Waals surface area contributed by atoms with Gasteiger partial charge in [0, 0.05) is 12.1 Å². The molecule has 1 aromatic carbocycles. The molecule has 7 nitrogen and oxygen atoms in total. The van der Waals surface area contributed by atoms with E-state index in [-0.39, 0.29) is 23.9 Å². The summed E-state index contributed by atoms with van der Waals surface area (Å²) in [5, 5.41) is 6.10. The van der Waals surface area contributed by atoms with Crippen LogP contribution in [0.3, 0.4) is 0 Å². The number of amides is 3. The van der Waals surface area contributed by atoms with Crippen LogP contribution in [0, 0.1) is 0 Å². The zero-order chi connectivity index (χ0) is 27.7. The predicted octanol–water partition coefficient (Wildman–Crippen LogP) is 5.85. The van der Waals surface area contributed by atoms with Gasteiger partial charge in [-0.05, 0) is 88.5 Å². The first-order valence-corrected chi connectivity index (χ1v) is 15.4. The van der Waals surface area contributed by atoms with Crippen molar-refractivity contribution in [2.75, 3.05) is 12.0 Å². The van der Waals surface area contributed by atoms with Crippen molar-refractivity contribution in [3.63, 3.8) is 0 Å². The minimum Gasteiger partial charge on any atom is -0.444 e. The Morgan fingerprint density at radius 2 is 1.84 bits per heavy atom. The molecule has 3 amide bonds. The number of ether oxygens (including phenoxy) is 1. The first kappa shape index (κ1) is 30.1. The third-order valence-corrected chi connectivity index (χ3v) is 7.91. The van der Waals surface area contributed by atoms with Gasteiger partial charge in [-0.15, -0.1) is 0 Å². The van der Waals surface area contributed by atoms with E-state index in [1.54, 1.807) is 43.5 Å². The Bertz CT molecular complexity index is 966. The molecule has 3 rings (SSSR count). The molecule has 2 N–H and O–H groups in total. The van der Waals surface area contributed by atoms with Gasteiger partial charge < -0.3 is 20.3 Å². The van der Waals surface area contributed by atoms with Crippen molar-refractivity contribution in [3.8, 4) is 0 Å². The Morgan fingerprint density at radius 3 is 2.42 bits per heavy atom. The molecule has 38 heavy (non-hydrogen) atoms. The second kappa shape index (κ2) is 14.1. The summed E-state index contributed by atoms with van der Waals surface area (Å²) in [4.78, 5) is 42.8. The molecule has 2 saturated carbocycles. The summed E-state index contributed by atoms with van der Waals surface area (Å²) in [6.45, 7) is 9.28. The number of thioether (sulfide) groups is 1. The summed E-state index contributed by atoms with van der Waals surface area (Å²) in [7, 11) is 0. The fourth-order valence-corrected chi connectivity index (χ4v) is 5.60. The number of nitrogens with zero attached hydrogens (tertiary/aromatic N) is 1. The molecule has 0 bridgehead atoms. The highest BCUT2D eigenvalue weighted by atomic mass is 32.2. The molecular formula is C30H45N3O4S. The second-order valence-electron chi connectivity index (χ2n) is 11.4. The smallest absolute Gasteiger partial charge is 0.408 e. The lowest BCUT2D eigenvalue weighted by Gasteiger charge is -2.44. The van der Waals surface area contributed by atoms with Crippen LogP contribution in [0.2, 0.25) is 0 Å². The lowest BCUT2D eigenvalue weighted by molar-refractivity contribution is -0.147. The third kappa shape index (κ3) is 8.52. The molecule has 0 aliphatic heterocycles. The number of nitrogens with one attached hydrogen (secondary N) is 2. The second-order valence-corrected chi connectivity index (χ2v) is 12.4. The molecule has 0 aromatic heterocycles. The van der Waals surface area contributed by atoms with Gasteiger partial charge in [0.05, 0.1) is 0 Å². The molecule has 2 atom stereocenters. The molecule has 0 saturated heterocycles. The molecular weight excluding hydrogens is 498 g/mol. The molecule has 0 spiro atoms. The lowest BCUT2D eigenvalue weighted by Crippen LogP contribution is -2.58. The van der Waals surface area contributed by atoms with Crippen LogP contribution < -0.4 is 10.6 Å². The highest BCUT2D eigenvalue weighted by molar-refractivity contribution is 7.98. The van der Waals surface area contributed by atoms with Gasteiger partial charge in [0.25, 0.3) is 0 Å². The zero-order valence-electron chi connectivity index (χ0n) is 23.5. The molecule has 210 valence electrons. The molecule has 0 heterocycles. The van der Waals surface area contributed by atoms with Gasteiger partial charge >= 0.3 is 6.09 Å². The van der Waals surface area contributed by atoms with Crippen LogP contribution in [0.4, 0.5) is 4.79 Å². The van der Waals surface area contributed by atoms with Gasteiger partial charge in [0.15, 0.2) is 0 Å². The van der Waals surface area contributed by atoms with Crippen LogP contribution in [0.5, 0.6) is 0 Å². The van der Waals surface area contributed by atoms with Gasteiger partial charge in [-0.1, -0.05) is 50.1 Å². The van der Waals surface area contributed by atoms with Crippen molar-refractivity contribution in [1.29, 1.82) is 0 Å². The van der Waals surface area contributed by atoms with Gasteiger partial charge in [-0.2, -0.15) is 11.8 Å². The summed E-state index contributed by atoms with van der Waals surface area (Å²) in [6, 6.07) is 6.18. The number of hydrogen-bond donors (Lipinski definition) is 2. The van der Waals surface area contributed by atoms with Gasteiger partial charge in [-0.3, -0.25) is 9.59 Å². The average Bonchev–Trinajstić information content (AvgIpc) is 2.84. The monoisotopic (exact) mass is 543 g/mol. The molecule has 8 heteroatoms. The van der Waals surface area contributed by atoms with Gasteiger partial charge in [-0.25, -0.2) is 4.79 Å². The number of benzene rings is 1. The van der Waals surface area contributed by atoms with Crippen molar-refractivity contribution in [3.05, 3.63) is 42.0 Å². The average molecular weight is 544 g/mol. The van der Waals surface area contributed by atoms with Crippen molar-refractivity contribution in [2.24, 2.45) is 0 Å². The standard InChI is InChI=1S/C30H45N3O4S/c1-6-21-12-10-13-22(20-21)26(27(34)31-23-14-8-7-9-15-23)33(24-16-11-17-24)28(35)25(18-19-38-5)32-29(36)37-30(2,3)4/h6,10,12-13,20,23-26H,1,7-9,11,14-19H2,2-5H3,(H,31,34)(H,32,36). The Kier molecular flexibility index (Phi) is 11.1. The van der Waals surface area contributed by atoms with E-state index in [1.807, 2.05) is 30.5 Å². The lowest BCUT2D eigenvalue weighted by atomic mass is 9.87. The van der Waals surface area contributed by atoms with Crippen molar-refractivity contribution in [1.82, 2.24) is 15.5 Å². The number of carbonyl (C=O) groups is 3. The van der Waals surface area contributed by atoms with E-state index in [1.165, 1.54) is 6.42 Å². The van der Waals surface area contributed by atoms with E-state index in [0.29, 0.717) is 12.2 Å².